The molecule has 0 heterocycles. The Morgan fingerprint density at radius 1 is 1.00 bits per heavy atom. The highest BCUT2D eigenvalue weighted by molar-refractivity contribution is 5.97. The molecular weight excluding hydrogens is 274 g/mol. The van der Waals surface area contributed by atoms with Crippen molar-refractivity contribution in [1.82, 2.24) is 5.32 Å². The Labute approximate surface area is 132 Å². The van der Waals surface area contributed by atoms with E-state index < -0.39 is 0 Å². The molecule has 0 saturated heterocycles. The molecule has 116 valence electrons. The lowest BCUT2D eigenvalue weighted by atomic mass is 10.1. The number of methoxy groups -OCH3 is 1. The van der Waals surface area contributed by atoms with Gasteiger partial charge < -0.3 is 10.1 Å². The molecule has 0 radical (unpaired) electrons. The molecule has 2 aromatic rings. The van der Waals surface area contributed by atoms with Crippen LogP contribution < -0.4 is 10.1 Å². The first-order chi connectivity index (χ1) is 10.7. The molecule has 2 aromatic carbocycles. The molecule has 22 heavy (non-hydrogen) atoms. The molecule has 0 aliphatic carbocycles. The Hall–Kier alpha value is -2.13. The molecule has 0 spiro atoms. The molecule has 1 N–H and O–H groups in total. The SMILES string of the molecule is CCc1ccc(C(=O)CNCCc2ccc(OC)cc2)cc1. The standard InChI is InChI=1S/C19H23NO2/c1-3-15-4-8-17(9-5-15)19(21)14-20-13-12-16-6-10-18(22-2)11-7-16/h4-11,20H,3,12-14H2,1-2H3. The molecule has 0 aliphatic heterocycles. The van der Waals surface area contributed by atoms with Crippen molar-refractivity contribution in [2.24, 2.45) is 0 Å². The highest BCUT2D eigenvalue weighted by Gasteiger charge is 2.05. The van der Waals surface area contributed by atoms with Crippen LogP contribution in [-0.2, 0) is 12.8 Å². The van der Waals surface area contributed by atoms with Crippen molar-refractivity contribution in [3.63, 3.8) is 0 Å². The fourth-order valence-corrected chi connectivity index (χ4v) is 2.26. The van der Waals surface area contributed by atoms with Gasteiger partial charge >= 0.3 is 0 Å². The van der Waals surface area contributed by atoms with Gasteiger partial charge in [0.15, 0.2) is 5.78 Å². The topological polar surface area (TPSA) is 38.3 Å². The van der Waals surface area contributed by atoms with Crippen LogP contribution in [0.3, 0.4) is 0 Å². The van der Waals surface area contributed by atoms with Gasteiger partial charge in [-0.2, -0.15) is 0 Å². The number of carbonyl (C=O) groups excluding carboxylic acids is 1. The summed E-state index contributed by atoms with van der Waals surface area (Å²) in [6.45, 7) is 3.27. The lowest BCUT2D eigenvalue weighted by molar-refractivity contribution is 0.0991. The summed E-state index contributed by atoms with van der Waals surface area (Å²) in [4.78, 5) is 12.1. The Kier molecular flexibility index (Phi) is 6.16. The maximum absolute atomic E-state index is 12.1. The van der Waals surface area contributed by atoms with Crippen LogP contribution in [0, 0.1) is 0 Å². The predicted molar refractivity (Wildman–Crippen MR) is 89.7 cm³/mol. The molecule has 0 amide bonds. The third kappa shape index (κ3) is 4.71. The summed E-state index contributed by atoms with van der Waals surface area (Å²) in [6.07, 6.45) is 1.89. The lowest BCUT2D eigenvalue weighted by Gasteiger charge is -2.06. The molecule has 0 atom stereocenters. The normalized spacial score (nSPS) is 10.5. The van der Waals surface area contributed by atoms with Crippen LogP contribution in [0.15, 0.2) is 48.5 Å². The van der Waals surface area contributed by atoms with Crippen LogP contribution in [-0.4, -0.2) is 26.0 Å². The first kappa shape index (κ1) is 16.2. The average Bonchev–Trinajstić information content (AvgIpc) is 2.59. The Bertz CT molecular complexity index is 588. The van der Waals surface area contributed by atoms with Crippen molar-refractivity contribution in [1.29, 1.82) is 0 Å². The predicted octanol–water partition coefficient (Wildman–Crippen LogP) is 3.27. The minimum Gasteiger partial charge on any atom is -0.497 e. The molecular formula is C19H23NO2. The van der Waals surface area contributed by atoms with Crippen LogP contribution in [0.1, 0.15) is 28.4 Å². The number of rotatable bonds is 8. The largest absolute Gasteiger partial charge is 0.497 e. The number of carbonyl (C=O) groups is 1. The maximum atomic E-state index is 12.1. The first-order valence-corrected chi connectivity index (χ1v) is 7.68. The van der Waals surface area contributed by atoms with E-state index in [1.165, 1.54) is 11.1 Å². The maximum Gasteiger partial charge on any atom is 0.176 e. The van der Waals surface area contributed by atoms with Gasteiger partial charge in [0.1, 0.15) is 5.75 Å². The van der Waals surface area contributed by atoms with Gasteiger partial charge in [0.05, 0.1) is 13.7 Å². The monoisotopic (exact) mass is 297 g/mol. The zero-order valence-electron chi connectivity index (χ0n) is 13.3. The lowest BCUT2D eigenvalue weighted by Crippen LogP contribution is -2.25. The zero-order valence-corrected chi connectivity index (χ0v) is 13.3. The Morgan fingerprint density at radius 3 is 2.23 bits per heavy atom. The second-order valence-corrected chi connectivity index (χ2v) is 5.25. The van der Waals surface area contributed by atoms with E-state index in [4.69, 9.17) is 4.74 Å². The summed E-state index contributed by atoms with van der Waals surface area (Å²) >= 11 is 0. The van der Waals surface area contributed by atoms with Gasteiger partial charge in [-0.25, -0.2) is 0 Å². The second-order valence-electron chi connectivity index (χ2n) is 5.25. The number of aryl methyl sites for hydroxylation is 1. The third-order valence-corrected chi connectivity index (χ3v) is 3.72. The zero-order chi connectivity index (χ0) is 15.8. The van der Waals surface area contributed by atoms with Gasteiger partial charge in [-0.1, -0.05) is 43.3 Å². The average molecular weight is 297 g/mol. The van der Waals surface area contributed by atoms with E-state index in [-0.39, 0.29) is 5.78 Å². The number of ether oxygens (including phenoxy) is 1. The summed E-state index contributed by atoms with van der Waals surface area (Å²) in [5.74, 6) is 1.000. The van der Waals surface area contributed by atoms with Crippen LogP contribution in [0.5, 0.6) is 5.75 Å². The van der Waals surface area contributed by atoms with Gasteiger partial charge in [-0.15, -0.1) is 0 Å². The van der Waals surface area contributed by atoms with Gasteiger partial charge in [-0.3, -0.25) is 4.79 Å². The van der Waals surface area contributed by atoms with Crippen molar-refractivity contribution in [2.75, 3.05) is 20.2 Å². The molecule has 2 rings (SSSR count). The van der Waals surface area contributed by atoms with Crippen LogP contribution >= 0.6 is 0 Å². The van der Waals surface area contributed by atoms with Gasteiger partial charge in [0, 0.05) is 5.56 Å². The Morgan fingerprint density at radius 2 is 1.64 bits per heavy atom. The van der Waals surface area contributed by atoms with E-state index >= 15 is 0 Å². The van der Waals surface area contributed by atoms with Crippen molar-refractivity contribution in [3.8, 4) is 5.75 Å². The van der Waals surface area contributed by atoms with E-state index in [2.05, 4.69) is 12.2 Å². The summed E-state index contributed by atoms with van der Waals surface area (Å²) in [7, 11) is 1.66. The smallest absolute Gasteiger partial charge is 0.176 e. The van der Waals surface area contributed by atoms with Gasteiger partial charge in [-0.05, 0) is 42.6 Å². The second kappa shape index (κ2) is 8.35. The number of hydrogen-bond donors (Lipinski definition) is 1. The summed E-state index contributed by atoms with van der Waals surface area (Å²) in [6, 6.07) is 15.9. The number of benzene rings is 2. The van der Waals surface area contributed by atoms with Gasteiger partial charge in [0.2, 0.25) is 0 Å². The molecule has 0 fully saturated rings. The number of nitrogens with one attached hydrogen (secondary N) is 1. The summed E-state index contributed by atoms with van der Waals surface area (Å²) in [5, 5.41) is 3.21. The molecule has 0 unspecified atom stereocenters. The first-order valence-electron chi connectivity index (χ1n) is 7.68. The quantitative estimate of drug-likeness (QED) is 0.600. The highest BCUT2D eigenvalue weighted by Crippen LogP contribution is 2.11. The minimum absolute atomic E-state index is 0.136. The summed E-state index contributed by atoms with van der Waals surface area (Å²) < 4.78 is 5.13. The van der Waals surface area contributed by atoms with Crippen molar-refractivity contribution >= 4 is 5.78 Å². The molecule has 0 aliphatic rings. The van der Waals surface area contributed by atoms with E-state index in [1.54, 1.807) is 7.11 Å². The van der Waals surface area contributed by atoms with E-state index in [9.17, 15) is 4.79 Å². The molecule has 3 heteroatoms. The number of ketones is 1. The van der Waals surface area contributed by atoms with Crippen LogP contribution in [0.2, 0.25) is 0 Å². The molecule has 3 nitrogen and oxygen atoms in total. The fraction of sp³-hybridized carbons (Fsp3) is 0.316. The summed E-state index contributed by atoms with van der Waals surface area (Å²) in [5.41, 5.74) is 3.26. The van der Waals surface area contributed by atoms with Gasteiger partial charge in [0.25, 0.3) is 0 Å². The fourth-order valence-electron chi connectivity index (χ4n) is 2.26. The highest BCUT2D eigenvalue weighted by atomic mass is 16.5. The van der Waals surface area contributed by atoms with Crippen LogP contribution in [0.25, 0.3) is 0 Å². The third-order valence-electron chi connectivity index (χ3n) is 3.72. The Balaban J connectivity index is 1.74. The number of Topliss-reactive ketones (excluding diaryl/α,β-unsaturated/α-hetero) is 1. The van der Waals surface area contributed by atoms with Crippen molar-refractivity contribution in [3.05, 3.63) is 65.2 Å². The number of hydrogen-bond acceptors (Lipinski definition) is 3. The van der Waals surface area contributed by atoms with Crippen molar-refractivity contribution in [2.45, 2.75) is 19.8 Å². The van der Waals surface area contributed by atoms with E-state index in [0.717, 1.165) is 30.7 Å². The minimum atomic E-state index is 0.136. The van der Waals surface area contributed by atoms with Crippen molar-refractivity contribution < 1.29 is 9.53 Å². The molecule has 0 saturated carbocycles. The van der Waals surface area contributed by atoms with Crippen LogP contribution in [0.4, 0.5) is 0 Å². The van der Waals surface area contributed by atoms with E-state index in [1.807, 2.05) is 48.5 Å². The van der Waals surface area contributed by atoms with E-state index in [0.29, 0.717) is 6.54 Å². The molecule has 0 bridgehead atoms. The molecule has 0 aromatic heterocycles.